The van der Waals surface area contributed by atoms with Crippen molar-refractivity contribution in [3.63, 3.8) is 0 Å². The van der Waals surface area contributed by atoms with Crippen LogP contribution in [-0.4, -0.2) is 21.3 Å². The third-order valence-electron chi connectivity index (χ3n) is 2.36. The minimum absolute atomic E-state index is 0.0891. The average molecular weight is 183 g/mol. The van der Waals surface area contributed by atoms with Crippen LogP contribution >= 0.6 is 0 Å². The van der Waals surface area contributed by atoms with Crippen LogP contribution in [0.2, 0.25) is 0 Å². The summed E-state index contributed by atoms with van der Waals surface area (Å²) in [6, 6.07) is 0. The molecule has 13 heavy (non-hydrogen) atoms. The molecular weight excluding hydrogens is 174 g/mol. The van der Waals surface area contributed by atoms with Gasteiger partial charge < -0.3 is 14.7 Å². The Kier molecular flexibility index (Phi) is 1.63. The smallest absolute Gasteiger partial charge is 0.343 e. The molecule has 1 heterocycles. The van der Waals surface area contributed by atoms with E-state index in [1.807, 2.05) is 0 Å². The third-order valence-corrected chi connectivity index (χ3v) is 2.36. The van der Waals surface area contributed by atoms with Crippen molar-refractivity contribution in [3.8, 4) is 0 Å². The number of carbonyl (C=O) groups is 1. The summed E-state index contributed by atoms with van der Waals surface area (Å²) < 4.78 is 4.75. The number of fused-ring (bicyclic) bond motifs is 1. The van der Waals surface area contributed by atoms with Gasteiger partial charge in [0.15, 0.2) is 5.76 Å². The number of carboxylic acid groups (broad SMARTS) is 1. The first-order valence-electron chi connectivity index (χ1n) is 4.04. The minimum atomic E-state index is -1.87. The molecule has 2 N–H and O–H groups in total. The fourth-order valence-electron chi connectivity index (χ4n) is 1.63. The molecule has 0 spiro atoms. The van der Waals surface area contributed by atoms with E-state index in [4.69, 9.17) is 9.63 Å². The Bertz CT molecular complexity index is 346. The lowest BCUT2D eigenvalue weighted by Crippen LogP contribution is -2.38. The van der Waals surface area contributed by atoms with Crippen LogP contribution in [0.4, 0.5) is 0 Å². The zero-order valence-corrected chi connectivity index (χ0v) is 6.86. The molecule has 0 aromatic carbocycles. The minimum Gasteiger partial charge on any atom is -0.479 e. The fraction of sp³-hybridized carbons (Fsp3) is 0.500. The van der Waals surface area contributed by atoms with E-state index in [9.17, 15) is 9.90 Å². The molecule has 0 saturated carbocycles. The molecule has 0 aliphatic heterocycles. The Morgan fingerprint density at radius 1 is 1.69 bits per heavy atom. The van der Waals surface area contributed by atoms with Gasteiger partial charge in [0.05, 0.1) is 6.20 Å². The van der Waals surface area contributed by atoms with Crippen molar-refractivity contribution in [1.82, 2.24) is 5.16 Å². The molecule has 0 saturated heterocycles. The number of aliphatic carboxylic acids is 1. The maximum atomic E-state index is 10.8. The molecule has 1 aliphatic carbocycles. The zero-order chi connectivity index (χ0) is 9.47. The Balaban J connectivity index is 2.51. The highest BCUT2D eigenvalue weighted by Gasteiger charge is 2.45. The summed E-state index contributed by atoms with van der Waals surface area (Å²) in [4.78, 5) is 10.8. The zero-order valence-electron chi connectivity index (χ0n) is 6.86. The molecule has 5 heteroatoms. The molecule has 1 aromatic heterocycles. The van der Waals surface area contributed by atoms with Gasteiger partial charge in [0.2, 0.25) is 5.60 Å². The number of aliphatic hydroxyl groups is 1. The average Bonchev–Trinajstić information content (AvgIpc) is 2.53. The van der Waals surface area contributed by atoms with Gasteiger partial charge in [0.25, 0.3) is 0 Å². The molecule has 1 aliphatic rings. The summed E-state index contributed by atoms with van der Waals surface area (Å²) in [5.74, 6) is -1.18. The van der Waals surface area contributed by atoms with Gasteiger partial charge in [-0.15, -0.1) is 0 Å². The lowest BCUT2D eigenvalue weighted by molar-refractivity contribution is -0.163. The van der Waals surface area contributed by atoms with Crippen molar-refractivity contribution in [2.75, 3.05) is 0 Å². The highest BCUT2D eigenvalue weighted by molar-refractivity contribution is 5.78. The lowest BCUT2D eigenvalue weighted by Gasteiger charge is -2.24. The molecular formula is C8H9NO4. The van der Waals surface area contributed by atoms with Crippen molar-refractivity contribution in [2.24, 2.45) is 0 Å². The fourth-order valence-corrected chi connectivity index (χ4v) is 1.63. The second-order valence-electron chi connectivity index (χ2n) is 3.20. The molecule has 0 fully saturated rings. The second kappa shape index (κ2) is 2.56. The first-order chi connectivity index (χ1) is 6.14. The maximum Gasteiger partial charge on any atom is 0.343 e. The summed E-state index contributed by atoms with van der Waals surface area (Å²) in [7, 11) is 0. The van der Waals surface area contributed by atoms with E-state index in [-0.39, 0.29) is 12.2 Å². The topological polar surface area (TPSA) is 83.6 Å². The highest BCUT2D eigenvalue weighted by atomic mass is 16.5. The molecule has 1 unspecified atom stereocenters. The summed E-state index contributed by atoms with van der Waals surface area (Å²) in [6.07, 6.45) is 3.00. The molecule has 1 aromatic rings. The summed E-state index contributed by atoms with van der Waals surface area (Å²) in [5.41, 5.74) is -1.18. The van der Waals surface area contributed by atoms with Gasteiger partial charge in [-0.1, -0.05) is 5.16 Å². The Morgan fingerprint density at radius 2 is 2.46 bits per heavy atom. The molecule has 70 valence electrons. The van der Waals surface area contributed by atoms with E-state index in [0.29, 0.717) is 18.4 Å². The van der Waals surface area contributed by atoms with Crippen molar-refractivity contribution >= 4 is 5.97 Å². The number of aryl methyl sites for hydroxylation is 1. The molecule has 0 bridgehead atoms. The van der Waals surface area contributed by atoms with Crippen molar-refractivity contribution in [3.05, 3.63) is 17.5 Å². The van der Waals surface area contributed by atoms with Crippen molar-refractivity contribution < 1.29 is 19.5 Å². The van der Waals surface area contributed by atoms with Gasteiger partial charge in [-0.05, 0) is 19.3 Å². The quantitative estimate of drug-likeness (QED) is 0.653. The van der Waals surface area contributed by atoms with E-state index < -0.39 is 11.6 Å². The number of aromatic nitrogens is 1. The number of hydrogen-bond acceptors (Lipinski definition) is 4. The molecule has 0 amide bonds. The van der Waals surface area contributed by atoms with E-state index in [1.54, 1.807) is 0 Å². The third kappa shape index (κ3) is 1.04. The highest BCUT2D eigenvalue weighted by Crippen LogP contribution is 2.35. The SMILES string of the molecule is O=C(O)C1(O)CCCc2cnoc21. The van der Waals surface area contributed by atoms with Crippen LogP contribution in [0.5, 0.6) is 0 Å². The second-order valence-corrected chi connectivity index (χ2v) is 3.20. The van der Waals surface area contributed by atoms with Crippen LogP contribution < -0.4 is 0 Å². The van der Waals surface area contributed by atoms with Gasteiger partial charge in [0, 0.05) is 5.56 Å². The van der Waals surface area contributed by atoms with E-state index in [1.165, 1.54) is 6.20 Å². The first-order valence-corrected chi connectivity index (χ1v) is 4.04. The van der Waals surface area contributed by atoms with Gasteiger partial charge in [-0.25, -0.2) is 4.79 Å². The van der Waals surface area contributed by atoms with Crippen molar-refractivity contribution in [2.45, 2.75) is 24.9 Å². The Morgan fingerprint density at radius 3 is 3.15 bits per heavy atom. The van der Waals surface area contributed by atoms with Gasteiger partial charge >= 0.3 is 5.97 Å². The lowest BCUT2D eigenvalue weighted by atomic mass is 9.85. The number of carboxylic acids is 1. The summed E-state index contributed by atoms with van der Waals surface area (Å²) in [5, 5.41) is 22.1. The van der Waals surface area contributed by atoms with Crippen LogP contribution in [0, 0.1) is 0 Å². The van der Waals surface area contributed by atoms with Gasteiger partial charge in [-0.3, -0.25) is 0 Å². The summed E-state index contributed by atoms with van der Waals surface area (Å²) in [6.45, 7) is 0. The van der Waals surface area contributed by atoms with Gasteiger partial charge in [0.1, 0.15) is 0 Å². The standard InChI is InChI=1S/C8H9NO4/c10-7(11)8(12)3-1-2-5-4-9-13-6(5)8/h4,12H,1-3H2,(H,10,11). The van der Waals surface area contributed by atoms with Crippen LogP contribution in [0.25, 0.3) is 0 Å². The molecule has 5 nitrogen and oxygen atoms in total. The van der Waals surface area contributed by atoms with Crippen LogP contribution in [0.1, 0.15) is 24.2 Å². The predicted octanol–water partition coefficient (Wildman–Crippen LogP) is 0.283. The molecule has 0 radical (unpaired) electrons. The normalized spacial score (nSPS) is 26.8. The largest absolute Gasteiger partial charge is 0.479 e. The van der Waals surface area contributed by atoms with Crippen LogP contribution in [0.15, 0.2) is 10.7 Å². The number of hydrogen-bond donors (Lipinski definition) is 2. The Hall–Kier alpha value is -1.36. The van der Waals surface area contributed by atoms with Crippen LogP contribution in [0.3, 0.4) is 0 Å². The molecule has 2 rings (SSSR count). The van der Waals surface area contributed by atoms with Crippen LogP contribution in [-0.2, 0) is 16.8 Å². The molecule has 1 atom stereocenters. The first kappa shape index (κ1) is 8.25. The Labute approximate surface area is 74.0 Å². The summed E-state index contributed by atoms with van der Waals surface area (Å²) >= 11 is 0. The predicted molar refractivity (Wildman–Crippen MR) is 41.0 cm³/mol. The monoisotopic (exact) mass is 183 g/mol. The van der Waals surface area contributed by atoms with Gasteiger partial charge in [-0.2, -0.15) is 0 Å². The van der Waals surface area contributed by atoms with E-state index >= 15 is 0 Å². The number of rotatable bonds is 1. The van der Waals surface area contributed by atoms with E-state index in [0.717, 1.165) is 0 Å². The maximum absolute atomic E-state index is 10.8. The van der Waals surface area contributed by atoms with Crippen molar-refractivity contribution in [1.29, 1.82) is 0 Å². The number of nitrogens with zero attached hydrogens (tertiary/aromatic N) is 1. The van der Waals surface area contributed by atoms with E-state index in [2.05, 4.69) is 5.16 Å².